The van der Waals surface area contributed by atoms with Gasteiger partial charge >= 0.3 is 5.97 Å². The Bertz CT molecular complexity index is 621. The van der Waals surface area contributed by atoms with Crippen molar-refractivity contribution >= 4 is 17.4 Å². The molecule has 0 saturated carbocycles. The summed E-state index contributed by atoms with van der Waals surface area (Å²) in [7, 11) is 0. The van der Waals surface area contributed by atoms with Crippen LogP contribution in [0.1, 0.15) is 10.5 Å². The van der Waals surface area contributed by atoms with Crippen LogP contribution in [0.4, 0.5) is 5.82 Å². The molecule has 19 heavy (non-hydrogen) atoms. The molecule has 2 heterocycles. The van der Waals surface area contributed by atoms with E-state index in [2.05, 4.69) is 18.1 Å². The zero-order chi connectivity index (χ0) is 13.8. The third-order valence-electron chi connectivity index (χ3n) is 2.71. The first kappa shape index (κ1) is 12.9. The van der Waals surface area contributed by atoms with Gasteiger partial charge < -0.3 is 10.0 Å². The van der Waals surface area contributed by atoms with E-state index < -0.39 is 5.97 Å². The molecule has 0 spiro atoms. The summed E-state index contributed by atoms with van der Waals surface area (Å²) < 4.78 is 1.57. The van der Waals surface area contributed by atoms with Gasteiger partial charge in [0, 0.05) is 19.3 Å². The van der Waals surface area contributed by atoms with E-state index >= 15 is 0 Å². The second kappa shape index (κ2) is 5.39. The molecule has 5 heteroatoms. The van der Waals surface area contributed by atoms with Gasteiger partial charge in [0.2, 0.25) is 0 Å². The normalized spacial score (nSPS) is 10.3. The zero-order valence-corrected chi connectivity index (χ0v) is 10.5. The van der Waals surface area contributed by atoms with E-state index in [1.165, 1.54) is 0 Å². The number of fused-ring (bicyclic) bond motifs is 1. The van der Waals surface area contributed by atoms with Crippen LogP contribution < -0.4 is 4.90 Å². The number of carboxylic acid groups (broad SMARTS) is 1. The summed E-state index contributed by atoms with van der Waals surface area (Å²) >= 11 is 0. The lowest BCUT2D eigenvalue weighted by atomic mass is 10.3. The summed E-state index contributed by atoms with van der Waals surface area (Å²) in [6.45, 7) is 8.38. The molecule has 1 N–H and O–H groups in total. The van der Waals surface area contributed by atoms with Crippen molar-refractivity contribution in [2.24, 2.45) is 0 Å². The summed E-state index contributed by atoms with van der Waals surface area (Å²) in [5.41, 5.74) is 0.757. The first-order valence-electron chi connectivity index (χ1n) is 5.86. The van der Waals surface area contributed by atoms with Crippen LogP contribution in [0.15, 0.2) is 49.7 Å². The van der Waals surface area contributed by atoms with E-state index in [0.717, 1.165) is 0 Å². The van der Waals surface area contributed by atoms with Gasteiger partial charge in [-0.05, 0) is 12.1 Å². The Labute approximate surface area is 111 Å². The zero-order valence-electron chi connectivity index (χ0n) is 10.5. The fourth-order valence-electron chi connectivity index (χ4n) is 1.96. The van der Waals surface area contributed by atoms with Crippen molar-refractivity contribution in [2.75, 3.05) is 18.0 Å². The third-order valence-corrected chi connectivity index (χ3v) is 2.71. The Morgan fingerprint density at radius 2 is 2.05 bits per heavy atom. The summed E-state index contributed by atoms with van der Waals surface area (Å²) in [5.74, 6) is -0.578. The first-order valence-corrected chi connectivity index (χ1v) is 5.86. The van der Waals surface area contributed by atoms with Gasteiger partial charge in [-0.15, -0.1) is 13.2 Å². The van der Waals surface area contributed by atoms with Crippen molar-refractivity contribution in [3.05, 3.63) is 55.4 Å². The number of imidazole rings is 1. The molecule has 0 bridgehead atoms. The van der Waals surface area contributed by atoms with Gasteiger partial charge in [0.25, 0.3) is 0 Å². The molecule has 0 atom stereocenters. The van der Waals surface area contributed by atoms with Crippen molar-refractivity contribution in [2.45, 2.75) is 0 Å². The van der Waals surface area contributed by atoms with Crippen LogP contribution in [-0.4, -0.2) is 33.6 Å². The maximum Gasteiger partial charge on any atom is 0.356 e. The predicted molar refractivity (Wildman–Crippen MR) is 74.8 cm³/mol. The Morgan fingerprint density at radius 1 is 1.37 bits per heavy atom. The van der Waals surface area contributed by atoms with E-state index in [0.29, 0.717) is 24.6 Å². The molecule has 0 unspecified atom stereocenters. The highest BCUT2D eigenvalue weighted by molar-refractivity contribution is 5.93. The molecule has 98 valence electrons. The number of hydrogen-bond acceptors (Lipinski definition) is 3. The van der Waals surface area contributed by atoms with Crippen LogP contribution in [0.2, 0.25) is 0 Å². The number of nitrogens with zero attached hydrogens (tertiary/aromatic N) is 3. The molecule has 2 rings (SSSR count). The van der Waals surface area contributed by atoms with Crippen LogP contribution >= 0.6 is 0 Å². The first-order chi connectivity index (χ1) is 9.19. The molecular formula is C14H15N3O2. The average Bonchev–Trinajstić information content (AvgIpc) is 2.77. The highest BCUT2D eigenvalue weighted by atomic mass is 16.4. The van der Waals surface area contributed by atoms with Crippen molar-refractivity contribution < 1.29 is 9.90 Å². The molecule has 0 aliphatic rings. The molecule has 2 aromatic heterocycles. The highest BCUT2D eigenvalue weighted by Gasteiger charge is 2.21. The van der Waals surface area contributed by atoms with E-state index in [9.17, 15) is 9.90 Å². The molecule has 5 nitrogen and oxygen atoms in total. The molecule has 0 aromatic carbocycles. The molecule has 2 aromatic rings. The molecule has 0 amide bonds. The molecular weight excluding hydrogens is 242 g/mol. The van der Waals surface area contributed by atoms with Gasteiger partial charge in [-0.25, -0.2) is 9.78 Å². The molecule has 0 saturated heterocycles. The number of anilines is 1. The van der Waals surface area contributed by atoms with Gasteiger partial charge in [0.15, 0.2) is 11.5 Å². The summed E-state index contributed by atoms with van der Waals surface area (Å²) in [6, 6.07) is 5.37. The van der Waals surface area contributed by atoms with Crippen LogP contribution in [0, 0.1) is 0 Å². The van der Waals surface area contributed by atoms with Crippen LogP contribution in [0.3, 0.4) is 0 Å². The van der Waals surface area contributed by atoms with Crippen molar-refractivity contribution in [3.8, 4) is 0 Å². The highest BCUT2D eigenvalue weighted by Crippen LogP contribution is 2.21. The van der Waals surface area contributed by atoms with Gasteiger partial charge in [-0.1, -0.05) is 18.2 Å². The van der Waals surface area contributed by atoms with E-state index in [-0.39, 0.29) is 5.69 Å². The fourth-order valence-corrected chi connectivity index (χ4v) is 1.96. The van der Waals surface area contributed by atoms with Crippen molar-refractivity contribution in [3.63, 3.8) is 0 Å². The summed E-state index contributed by atoms with van der Waals surface area (Å²) in [5, 5.41) is 9.40. The van der Waals surface area contributed by atoms with E-state index in [1.807, 2.05) is 11.0 Å². The number of aromatic carboxylic acids is 1. The maximum atomic E-state index is 11.5. The van der Waals surface area contributed by atoms with Crippen LogP contribution in [0.25, 0.3) is 5.65 Å². The largest absolute Gasteiger partial charge is 0.476 e. The van der Waals surface area contributed by atoms with Crippen molar-refractivity contribution in [1.82, 2.24) is 9.38 Å². The second-order valence-electron chi connectivity index (χ2n) is 4.00. The Morgan fingerprint density at radius 3 is 2.63 bits per heavy atom. The number of carboxylic acids is 1. The maximum absolute atomic E-state index is 11.5. The number of pyridine rings is 1. The predicted octanol–water partition coefficient (Wildman–Crippen LogP) is 2.21. The van der Waals surface area contributed by atoms with Gasteiger partial charge in [0.05, 0.1) is 0 Å². The third kappa shape index (κ3) is 2.35. The minimum absolute atomic E-state index is 0.152. The monoisotopic (exact) mass is 257 g/mol. The van der Waals surface area contributed by atoms with Gasteiger partial charge in [-0.2, -0.15) is 0 Å². The lowest BCUT2D eigenvalue weighted by Crippen LogP contribution is -2.25. The molecule has 0 fully saturated rings. The molecule has 0 aliphatic heterocycles. The lowest BCUT2D eigenvalue weighted by molar-refractivity contribution is 0.0690. The lowest BCUT2D eigenvalue weighted by Gasteiger charge is -2.19. The van der Waals surface area contributed by atoms with Gasteiger partial charge in [0.1, 0.15) is 5.65 Å². The minimum atomic E-state index is -1.01. The summed E-state index contributed by atoms with van der Waals surface area (Å²) in [6.07, 6.45) is 5.10. The number of carbonyl (C=O) groups is 1. The Balaban J connectivity index is 2.63. The van der Waals surface area contributed by atoms with Crippen molar-refractivity contribution in [1.29, 1.82) is 0 Å². The Kier molecular flexibility index (Phi) is 3.66. The van der Waals surface area contributed by atoms with Crippen LogP contribution in [0.5, 0.6) is 0 Å². The SMILES string of the molecule is C=CCN(CC=C)c1nc2ccccn2c1C(=O)O. The summed E-state index contributed by atoms with van der Waals surface area (Å²) in [4.78, 5) is 17.7. The van der Waals surface area contributed by atoms with E-state index in [1.54, 1.807) is 34.9 Å². The topological polar surface area (TPSA) is 57.8 Å². The smallest absolute Gasteiger partial charge is 0.356 e. The molecule has 0 radical (unpaired) electrons. The minimum Gasteiger partial charge on any atom is -0.476 e. The average molecular weight is 257 g/mol. The van der Waals surface area contributed by atoms with E-state index in [4.69, 9.17) is 0 Å². The number of rotatable bonds is 6. The molecule has 0 aliphatic carbocycles. The Hall–Kier alpha value is -2.56. The quantitative estimate of drug-likeness (QED) is 0.806. The fraction of sp³-hybridized carbons (Fsp3) is 0.143. The van der Waals surface area contributed by atoms with Gasteiger partial charge in [-0.3, -0.25) is 4.40 Å². The second-order valence-corrected chi connectivity index (χ2v) is 4.00. The standard InChI is InChI=1S/C14H15N3O2/c1-3-8-16(9-4-2)13-12(14(18)19)17-10-6-5-7-11(17)15-13/h3-7,10H,1-2,8-9H2,(H,18,19). The number of aromatic nitrogens is 2. The number of hydrogen-bond donors (Lipinski definition) is 1. The van der Waals surface area contributed by atoms with Crippen LogP contribution in [-0.2, 0) is 0 Å².